The molecule has 0 unspecified atom stereocenters. The predicted molar refractivity (Wildman–Crippen MR) is 138 cm³/mol. The number of benzene rings is 3. The summed E-state index contributed by atoms with van der Waals surface area (Å²) < 4.78 is 27.9. The van der Waals surface area contributed by atoms with Crippen LogP contribution in [0.15, 0.2) is 82.8 Å². The van der Waals surface area contributed by atoms with Gasteiger partial charge in [-0.15, -0.1) is 0 Å². The van der Waals surface area contributed by atoms with Crippen molar-refractivity contribution in [2.24, 2.45) is 5.10 Å². The van der Waals surface area contributed by atoms with Crippen LogP contribution in [0.4, 0.5) is 11.4 Å². The average molecular weight is 513 g/mol. The highest BCUT2D eigenvalue weighted by molar-refractivity contribution is 7.92. The van der Waals surface area contributed by atoms with Crippen LogP contribution in [0.2, 0.25) is 5.02 Å². The molecule has 0 bridgehead atoms. The lowest BCUT2D eigenvalue weighted by atomic mass is 10.1. The Kier molecular flexibility index (Phi) is 8.26. The number of sulfonamides is 1. The fraction of sp³-hybridized carbons (Fsp3) is 0.160. The Morgan fingerprint density at radius 3 is 2.34 bits per heavy atom. The smallest absolute Gasteiger partial charge is 0.264 e. The van der Waals surface area contributed by atoms with Gasteiger partial charge in [-0.1, -0.05) is 41.9 Å². The monoisotopic (exact) mass is 512 g/mol. The number of hydrogen-bond acceptors (Lipinski definition) is 5. The van der Waals surface area contributed by atoms with Crippen LogP contribution in [0.5, 0.6) is 0 Å². The number of nitrogens with one attached hydrogen (secondary N) is 2. The molecule has 2 N–H and O–H groups in total. The first-order valence-electron chi connectivity index (χ1n) is 10.6. The third kappa shape index (κ3) is 6.68. The zero-order chi connectivity index (χ0) is 25.6. The number of carbonyl (C=O) groups is 2. The van der Waals surface area contributed by atoms with Gasteiger partial charge in [0, 0.05) is 17.6 Å². The number of hydrogen-bond donors (Lipinski definition) is 2. The molecule has 0 saturated heterocycles. The van der Waals surface area contributed by atoms with Gasteiger partial charge >= 0.3 is 0 Å². The molecular formula is C25H25ClN4O4S. The maximum absolute atomic E-state index is 13.4. The van der Waals surface area contributed by atoms with E-state index < -0.39 is 22.5 Å². The van der Waals surface area contributed by atoms with E-state index in [1.54, 1.807) is 74.5 Å². The summed E-state index contributed by atoms with van der Waals surface area (Å²) in [4.78, 5) is 24.2. The van der Waals surface area contributed by atoms with Crippen molar-refractivity contribution in [1.29, 1.82) is 0 Å². The maximum Gasteiger partial charge on any atom is 0.264 e. The summed E-state index contributed by atoms with van der Waals surface area (Å²) in [6.45, 7) is 4.32. The lowest BCUT2D eigenvalue weighted by molar-refractivity contribution is -0.119. The van der Waals surface area contributed by atoms with E-state index in [0.29, 0.717) is 33.2 Å². The van der Waals surface area contributed by atoms with Gasteiger partial charge in [0.25, 0.3) is 15.9 Å². The van der Waals surface area contributed by atoms with Gasteiger partial charge in [0.05, 0.1) is 16.3 Å². The molecule has 0 fully saturated rings. The van der Waals surface area contributed by atoms with E-state index in [1.807, 2.05) is 0 Å². The normalized spacial score (nSPS) is 11.6. The second-order valence-corrected chi connectivity index (χ2v) is 10.0. The Labute approximate surface area is 209 Å². The van der Waals surface area contributed by atoms with Crippen molar-refractivity contribution in [2.75, 3.05) is 16.2 Å². The predicted octanol–water partition coefficient (Wildman–Crippen LogP) is 4.34. The largest absolute Gasteiger partial charge is 0.326 e. The molecule has 0 aromatic heterocycles. The van der Waals surface area contributed by atoms with Crippen molar-refractivity contribution >= 4 is 50.5 Å². The molecule has 10 heteroatoms. The first-order chi connectivity index (χ1) is 16.6. The summed E-state index contributed by atoms with van der Waals surface area (Å²) in [6, 6.07) is 19.6. The molecule has 8 nitrogen and oxygen atoms in total. The van der Waals surface area contributed by atoms with Gasteiger partial charge < -0.3 is 5.32 Å². The Morgan fingerprint density at radius 2 is 1.69 bits per heavy atom. The molecule has 3 rings (SSSR count). The molecule has 3 aromatic rings. The topological polar surface area (TPSA) is 108 Å². The molecule has 0 radical (unpaired) electrons. The van der Waals surface area contributed by atoms with Crippen LogP contribution in [0.25, 0.3) is 0 Å². The van der Waals surface area contributed by atoms with Crippen LogP contribution in [0.1, 0.15) is 25.0 Å². The van der Waals surface area contributed by atoms with E-state index in [4.69, 9.17) is 11.6 Å². The van der Waals surface area contributed by atoms with Gasteiger partial charge in [-0.05, 0) is 67.4 Å². The number of nitrogens with zero attached hydrogens (tertiary/aromatic N) is 2. The van der Waals surface area contributed by atoms with Crippen molar-refractivity contribution < 1.29 is 18.0 Å². The van der Waals surface area contributed by atoms with Crippen molar-refractivity contribution in [3.05, 3.63) is 88.9 Å². The first kappa shape index (κ1) is 25.9. The van der Waals surface area contributed by atoms with Gasteiger partial charge in [0.1, 0.15) is 6.54 Å². The van der Waals surface area contributed by atoms with Crippen LogP contribution in [0.3, 0.4) is 0 Å². The number of halogens is 1. The quantitative estimate of drug-likeness (QED) is 0.345. The van der Waals surface area contributed by atoms with E-state index in [2.05, 4.69) is 15.8 Å². The SMILES string of the molecule is CC(=O)Nc1cccc(/C(C)=N\NC(=O)CN(c2ccc(Cl)cc2C)S(=O)(=O)c2ccccc2)c1. The molecule has 3 aromatic carbocycles. The second-order valence-electron chi connectivity index (χ2n) is 7.75. The highest BCUT2D eigenvalue weighted by Crippen LogP contribution is 2.28. The number of rotatable bonds is 8. The number of anilines is 2. The summed E-state index contributed by atoms with van der Waals surface area (Å²) in [5.74, 6) is -0.835. The van der Waals surface area contributed by atoms with Crippen LogP contribution in [-0.2, 0) is 19.6 Å². The van der Waals surface area contributed by atoms with E-state index in [1.165, 1.54) is 19.1 Å². The summed E-state index contributed by atoms with van der Waals surface area (Å²) in [7, 11) is -4.05. The van der Waals surface area contributed by atoms with E-state index >= 15 is 0 Å². The fourth-order valence-corrected chi connectivity index (χ4v) is 5.05. The zero-order valence-electron chi connectivity index (χ0n) is 19.4. The molecule has 0 atom stereocenters. The van der Waals surface area contributed by atoms with Crippen molar-refractivity contribution in [2.45, 2.75) is 25.7 Å². The minimum Gasteiger partial charge on any atom is -0.326 e. The number of aryl methyl sites for hydroxylation is 1. The van der Waals surface area contributed by atoms with Gasteiger partial charge in [-0.2, -0.15) is 5.10 Å². The number of amides is 2. The lowest BCUT2D eigenvalue weighted by Crippen LogP contribution is -2.40. The van der Waals surface area contributed by atoms with E-state index in [-0.39, 0.29) is 10.8 Å². The Bertz CT molecular complexity index is 1380. The van der Waals surface area contributed by atoms with E-state index in [9.17, 15) is 18.0 Å². The summed E-state index contributed by atoms with van der Waals surface area (Å²) in [5, 5.41) is 7.25. The Morgan fingerprint density at radius 1 is 0.971 bits per heavy atom. The molecule has 182 valence electrons. The van der Waals surface area contributed by atoms with Gasteiger partial charge in [-0.25, -0.2) is 13.8 Å². The molecule has 0 aliphatic rings. The van der Waals surface area contributed by atoms with Crippen molar-refractivity contribution in [3.63, 3.8) is 0 Å². The molecule has 0 aliphatic heterocycles. The molecule has 0 aliphatic carbocycles. The molecule has 0 heterocycles. The summed E-state index contributed by atoms with van der Waals surface area (Å²) in [5.41, 5.74) is 5.10. The highest BCUT2D eigenvalue weighted by atomic mass is 35.5. The lowest BCUT2D eigenvalue weighted by Gasteiger charge is -2.25. The highest BCUT2D eigenvalue weighted by Gasteiger charge is 2.28. The fourth-order valence-electron chi connectivity index (χ4n) is 3.32. The Hall–Kier alpha value is -3.69. The van der Waals surface area contributed by atoms with E-state index in [0.717, 1.165) is 4.31 Å². The van der Waals surface area contributed by atoms with Gasteiger partial charge in [0.15, 0.2) is 0 Å². The van der Waals surface area contributed by atoms with Crippen LogP contribution < -0.4 is 15.0 Å². The molecule has 0 saturated carbocycles. The third-order valence-electron chi connectivity index (χ3n) is 4.99. The minimum absolute atomic E-state index is 0.0524. The molecule has 35 heavy (non-hydrogen) atoms. The van der Waals surface area contributed by atoms with Gasteiger partial charge in [-0.3, -0.25) is 13.9 Å². The van der Waals surface area contributed by atoms with Crippen molar-refractivity contribution in [3.8, 4) is 0 Å². The second kappa shape index (κ2) is 11.2. The van der Waals surface area contributed by atoms with Crippen LogP contribution >= 0.6 is 11.6 Å². The number of carbonyl (C=O) groups excluding carboxylic acids is 2. The third-order valence-corrected chi connectivity index (χ3v) is 7.00. The number of hydrazone groups is 1. The van der Waals surface area contributed by atoms with Crippen molar-refractivity contribution in [1.82, 2.24) is 5.43 Å². The van der Waals surface area contributed by atoms with Crippen LogP contribution in [-0.4, -0.2) is 32.5 Å². The molecular weight excluding hydrogens is 488 g/mol. The van der Waals surface area contributed by atoms with Crippen LogP contribution in [0, 0.1) is 6.92 Å². The minimum atomic E-state index is -4.05. The molecule has 0 spiro atoms. The molecule has 2 amide bonds. The standard InChI is InChI=1S/C25H25ClN4O4S/c1-17-14-21(26)12-13-24(17)30(35(33,34)23-10-5-4-6-11-23)16-25(32)29-28-18(2)20-8-7-9-22(15-20)27-19(3)31/h4-15H,16H2,1-3H3,(H,27,31)(H,29,32)/b28-18-. The summed E-state index contributed by atoms with van der Waals surface area (Å²) in [6.07, 6.45) is 0. The maximum atomic E-state index is 13.4. The van der Waals surface area contributed by atoms with Gasteiger partial charge in [0.2, 0.25) is 5.91 Å². The first-order valence-corrected chi connectivity index (χ1v) is 12.4. The Balaban J connectivity index is 1.86. The summed E-state index contributed by atoms with van der Waals surface area (Å²) >= 11 is 6.05. The average Bonchev–Trinajstić information content (AvgIpc) is 2.81. The zero-order valence-corrected chi connectivity index (χ0v) is 21.0.